The summed E-state index contributed by atoms with van der Waals surface area (Å²) in [4.78, 5) is 13.0. The van der Waals surface area contributed by atoms with Crippen molar-refractivity contribution in [1.82, 2.24) is 10.6 Å². The first kappa shape index (κ1) is 9.52. The highest BCUT2D eigenvalue weighted by atomic mass is 16.1. The van der Waals surface area contributed by atoms with Crippen molar-refractivity contribution in [3.05, 3.63) is 0 Å². The maximum absolute atomic E-state index is 11.0. The quantitative estimate of drug-likeness (QED) is 0.617. The lowest BCUT2D eigenvalue weighted by Crippen LogP contribution is -2.41. The van der Waals surface area contributed by atoms with Crippen LogP contribution in [0.3, 0.4) is 0 Å². The van der Waals surface area contributed by atoms with E-state index in [0.717, 1.165) is 19.3 Å². The highest BCUT2D eigenvalue weighted by Gasteiger charge is 2.30. The summed E-state index contributed by atoms with van der Waals surface area (Å²) < 4.78 is 0. The van der Waals surface area contributed by atoms with E-state index in [-0.39, 0.29) is 11.8 Å². The second-order valence-corrected chi connectivity index (χ2v) is 3.79. The van der Waals surface area contributed by atoms with Crippen LogP contribution in [-0.4, -0.2) is 30.9 Å². The molecule has 12 heavy (non-hydrogen) atoms. The summed E-state index contributed by atoms with van der Waals surface area (Å²) in [6, 6.07) is 0.309. The van der Waals surface area contributed by atoms with Crippen LogP contribution < -0.4 is 5.73 Å². The summed E-state index contributed by atoms with van der Waals surface area (Å²) in [6.45, 7) is 0. The molecule has 0 aromatic heterocycles. The van der Waals surface area contributed by atoms with E-state index in [1.54, 1.807) is 0 Å². The summed E-state index contributed by atoms with van der Waals surface area (Å²) in [6.07, 6.45) is 4.29. The molecule has 0 heterocycles. The van der Waals surface area contributed by atoms with Gasteiger partial charge in [0.1, 0.15) is 0 Å². The Balaban J connectivity index is 2.60. The van der Waals surface area contributed by atoms with Crippen LogP contribution in [0.25, 0.3) is 0 Å². The third-order valence-corrected chi connectivity index (χ3v) is 2.73. The summed E-state index contributed by atoms with van der Waals surface area (Å²) >= 11 is 0. The molecule has 1 rings (SSSR count). The van der Waals surface area contributed by atoms with E-state index in [9.17, 15) is 4.79 Å². The summed E-state index contributed by atoms with van der Waals surface area (Å²) in [5.74, 6) is -0.415. The van der Waals surface area contributed by atoms with Gasteiger partial charge in [0.2, 0.25) is 5.91 Å². The predicted octanol–water partition coefficient (Wildman–Crippen LogP) is 0.916. The molecule has 0 aromatic carbocycles. The molecular weight excluding hydrogens is 152 g/mol. The third kappa shape index (κ3) is 1.97. The maximum atomic E-state index is 11.0. The molecule has 0 spiro atoms. The van der Waals surface area contributed by atoms with Crippen LogP contribution in [0.1, 0.15) is 25.7 Å². The molecule has 1 aliphatic rings. The lowest BCUT2D eigenvalue weighted by Gasteiger charge is -2.33. The summed E-state index contributed by atoms with van der Waals surface area (Å²) in [7, 11) is 3.98. The van der Waals surface area contributed by atoms with Gasteiger partial charge in [-0.2, -0.15) is 0 Å². The fraction of sp³-hybridized carbons (Fsp3) is 0.889. The first-order valence-corrected chi connectivity index (χ1v) is 4.55. The standard InChI is InChI=1S/C9H17N2O/c1-11(2)8-6-4-3-5-7(8)9(10)12/h7-8,10H,3-6H2,1-2H3/t7-,8+/m1/s1. The van der Waals surface area contributed by atoms with Crippen LogP contribution in [0.15, 0.2) is 0 Å². The smallest absolute Gasteiger partial charge is 0.243 e. The van der Waals surface area contributed by atoms with E-state index in [4.69, 9.17) is 5.73 Å². The van der Waals surface area contributed by atoms with Gasteiger partial charge < -0.3 is 4.90 Å². The fourth-order valence-corrected chi connectivity index (χ4v) is 2.04. The van der Waals surface area contributed by atoms with E-state index >= 15 is 0 Å². The molecule has 1 N–H and O–H groups in total. The molecule has 3 heteroatoms. The van der Waals surface area contributed by atoms with E-state index in [2.05, 4.69) is 4.90 Å². The minimum Gasteiger partial charge on any atom is -0.306 e. The van der Waals surface area contributed by atoms with Gasteiger partial charge in [-0.15, -0.1) is 0 Å². The number of nitrogens with one attached hydrogen (secondary N) is 1. The molecule has 2 atom stereocenters. The topological polar surface area (TPSA) is 44.1 Å². The first-order chi connectivity index (χ1) is 5.63. The Morgan fingerprint density at radius 2 is 1.92 bits per heavy atom. The third-order valence-electron chi connectivity index (χ3n) is 2.73. The molecule has 1 fully saturated rings. The normalized spacial score (nSPS) is 30.6. The van der Waals surface area contributed by atoms with Crippen LogP contribution in [0.4, 0.5) is 0 Å². The number of rotatable bonds is 2. The monoisotopic (exact) mass is 169 g/mol. The lowest BCUT2D eigenvalue weighted by molar-refractivity contribution is -0.125. The fourth-order valence-electron chi connectivity index (χ4n) is 2.04. The number of hydrogen-bond donors (Lipinski definition) is 0. The van der Waals surface area contributed by atoms with Gasteiger partial charge in [-0.05, 0) is 26.9 Å². The Bertz CT molecular complexity index is 168. The van der Waals surface area contributed by atoms with Gasteiger partial charge >= 0.3 is 0 Å². The molecule has 0 bridgehead atoms. The van der Waals surface area contributed by atoms with E-state index in [1.165, 1.54) is 6.42 Å². The SMILES string of the molecule is CN(C)[C@H]1CCCC[C@H]1C([NH])=O. The maximum Gasteiger partial charge on any atom is 0.243 e. The van der Waals surface area contributed by atoms with Gasteiger partial charge in [0.05, 0.1) is 5.92 Å². The molecule has 1 aliphatic carbocycles. The highest BCUT2D eigenvalue weighted by molar-refractivity contribution is 5.76. The average Bonchev–Trinajstić information content (AvgIpc) is 2.04. The van der Waals surface area contributed by atoms with Crippen molar-refractivity contribution >= 4 is 5.91 Å². The van der Waals surface area contributed by atoms with E-state index < -0.39 is 0 Å². The summed E-state index contributed by atoms with van der Waals surface area (Å²) in [5, 5.41) is 0. The Morgan fingerprint density at radius 3 is 2.33 bits per heavy atom. The zero-order chi connectivity index (χ0) is 9.14. The van der Waals surface area contributed by atoms with Crippen molar-refractivity contribution in [2.24, 2.45) is 5.92 Å². The van der Waals surface area contributed by atoms with Crippen molar-refractivity contribution in [2.45, 2.75) is 31.7 Å². The zero-order valence-corrected chi connectivity index (χ0v) is 7.84. The molecule has 0 unspecified atom stereocenters. The second-order valence-electron chi connectivity index (χ2n) is 3.79. The number of hydrogen-bond acceptors (Lipinski definition) is 2. The number of carbonyl (C=O) groups is 1. The van der Waals surface area contributed by atoms with Crippen LogP contribution in [0.2, 0.25) is 0 Å². The molecule has 1 amide bonds. The van der Waals surface area contributed by atoms with Gasteiger partial charge in [0.15, 0.2) is 0 Å². The zero-order valence-electron chi connectivity index (χ0n) is 7.84. The Morgan fingerprint density at radius 1 is 1.33 bits per heavy atom. The van der Waals surface area contributed by atoms with Gasteiger partial charge in [0, 0.05) is 6.04 Å². The van der Waals surface area contributed by atoms with Crippen LogP contribution in [0, 0.1) is 5.92 Å². The predicted molar refractivity (Wildman–Crippen MR) is 47.5 cm³/mol. The van der Waals surface area contributed by atoms with Gasteiger partial charge in [-0.3, -0.25) is 10.5 Å². The van der Waals surface area contributed by atoms with Crippen molar-refractivity contribution in [3.63, 3.8) is 0 Å². The first-order valence-electron chi connectivity index (χ1n) is 4.55. The Labute approximate surface area is 73.9 Å². The minimum atomic E-state index is -0.381. The minimum absolute atomic E-state index is 0.0336. The van der Waals surface area contributed by atoms with Crippen LogP contribution in [0.5, 0.6) is 0 Å². The van der Waals surface area contributed by atoms with E-state index in [0.29, 0.717) is 6.04 Å². The van der Waals surface area contributed by atoms with Crippen LogP contribution in [-0.2, 0) is 4.79 Å². The lowest BCUT2D eigenvalue weighted by atomic mass is 9.83. The molecule has 0 saturated heterocycles. The van der Waals surface area contributed by atoms with Crippen molar-refractivity contribution in [3.8, 4) is 0 Å². The van der Waals surface area contributed by atoms with Crippen molar-refractivity contribution in [2.75, 3.05) is 14.1 Å². The Hall–Kier alpha value is -0.570. The number of carbonyl (C=O) groups excluding carboxylic acids is 1. The molecule has 3 nitrogen and oxygen atoms in total. The van der Waals surface area contributed by atoms with Crippen LogP contribution >= 0.6 is 0 Å². The molecule has 0 aliphatic heterocycles. The average molecular weight is 169 g/mol. The highest BCUT2D eigenvalue weighted by Crippen LogP contribution is 2.26. The molecule has 0 aromatic rings. The second kappa shape index (κ2) is 3.90. The van der Waals surface area contributed by atoms with Crippen molar-refractivity contribution < 1.29 is 4.79 Å². The largest absolute Gasteiger partial charge is 0.306 e. The molecule has 69 valence electrons. The van der Waals surface area contributed by atoms with Gasteiger partial charge in [0.25, 0.3) is 0 Å². The molecule has 1 radical (unpaired) electrons. The number of nitrogens with zero attached hydrogens (tertiary/aromatic N) is 1. The number of amides is 1. The summed E-state index contributed by atoms with van der Waals surface area (Å²) in [5.41, 5.74) is 7.13. The molecular formula is C9H17N2O. The molecule has 1 saturated carbocycles. The van der Waals surface area contributed by atoms with Gasteiger partial charge in [-0.25, -0.2) is 0 Å². The van der Waals surface area contributed by atoms with E-state index in [1.807, 2.05) is 14.1 Å². The van der Waals surface area contributed by atoms with Crippen molar-refractivity contribution in [1.29, 1.82) is 0 Å². The Kier molecular flexibility index (Phi) is 3.09. The van der Waals surface area contributed by atoms with Gasteiger partial charge in [-0.1, -0.05) is 12.8 Å².